The van der Waals surface area contributed by atoms with Crippen LogP contribution >= 0.6 is 0 Å². The molecule has 0 aliphatic rings. The molecule has 4 atom stereocenters. The molecule has 18 heavy (non-hydrogen) atoms. The fraction of sp³-hybridized carbons (Fsp3) is 1.00. The van der Waals surface area contributed by atoms with Crippen molar-refractivity contribution in [3.8, 4) is 0 Å². The lowest BCUT2D eigenvalue weighted by Gasteiger charge is -2.32. The van der Waals surface area contributed by atoms with Gasteiger partial charge in [-0.25, -0.2) is 0 Å². The first-order valence-electron chi connectivity index (χ1n) is 6.56. The Balaban J connectivity index is 4.45. The third kappa shape index (κ3) is 7.31. The molecule has 0 heterocycles. The van der Waals surface area contributed by atoms with Crippen molar-refractivity contribution in [2.24, 2.45) is 10.8 Å². The van der Waals surface area contributed by atoms with Crippen LogP contribution in [0.1, 0.15) is 54.4 Å². The maximum Gasteiger partial charge on any atom is 0.108 e. The Labute approximate surface area is 111 Å². The molecule has 0 saturated heterocycles. The smallest absolute Gasteiger partial charge is 0.108 e. The van der Waals surface area contributed by atoms with E-state index >= 15 is 0 Å². The highest BCUT2D eigenvalue weighted by Gasteiger charge is 2.34. The highest BCUT2D eigenvalue weighted by molar-refractivity contribution is 4.85. The summed E-state index contributed by atoms with van der Waals surface area (Å²) in [5, 5.41) is 39.4. The van der Waals surface area contributed by atoms with Crippen molar-refractivity contribution in [3.63, 3.8) is 0 Å². The molecule has 0 aliphatic heterocycles. The SMILES string of the molecule is CC(C)(C)C[C@@H](O)[C@H](O)[C@H](O)[C@@H](O)CC(C)(C)C. The molecule has 0 aliphatic carbocycles. The van der Waals surface area contributed by atoms with Crippen LogP contribution in [0.25, 0.3) is 0 Å². The molecule has 0 amide bonds. The molecular weight excluding hydrogens is 232 g/mol. The fourth-order valence-electron chi connectivity index (χ4n) is 1.95. The van der Waals surface area contributed by atoms with E-state index in [-0.39, 0.29) is 10.8 Å². The molecule has 0 rings (SSSR count). The monoisotopic (exact) mass is 262 g/mol. The van der Waals surface area contributed by atoms with Crippen LogP contribution in [0.4, 0.5) is 0 Å². The normalized spacial score (nSPS) is 20.3. The predicted molar refractivity (Wildman–Crippen MR) is 72.2 cm³/mol. The molecule has 0 bridgehead atoms. The largest absolute Gasteiger partial charge is 0.390 e. The number of hydrogen-bond donors (Lipinski definition) is 4. The van der Waals surface area contributed by atoms with E-state index in [1.807, 2.05) is 41.5 Å². The Morgan fingerprint density at radius 2 is 0.833 bits per heavy atom. The van der Waals surface area contributed by atoms with Crippen molar-refractivity contribution in [1.82, 2.24) is 0 Å². The molecule has 0 aromatic carbocycles. The molecule has 0 fully saturated rings. The van der Waals surface area contributed by atoms with Gasteiger partial charge in [0, 0.05) is 0 Å². The zero-order chi connectivity index (χ0) is 14.7. The average molecular weight is 262 g/mol. The topological polar surface area (TPSA) is 80.9 Å². The van der Waals surface area contributed by atoms with Crippen LogP contribution in [0.5, 0.6) is 0 Å². The minimum absolute atomic E-state index is 0.144. The molecule has 0 aromatic rings. The molecular formula is C14H30O4. The lowest BCUT2D eigenvalue weighted by Crippen LogP contribution is -2.46. The van der Waals surface area contributed by atoms with E-state index in [9.17, 15) is 20.4 Å². The quantitative estimate of drug-likeness (QED) is 0.602. The standard InChI is InChI=1S/C14H30O4/c1-13(2,3)7-9(15)11(17)12(18)10(16)8-14(4,5)6/h9-12,15-18H,7-8H2,1-6H3/t9-,10+,11+,12-. The van der Waals surface area contributed by atoms with Gasteiger partial charge in [-0.2, -0.15) is 0 Å². The molecule has 4 N–H and O–H groups in total. The van der Waals surface area contributed by atoms with Gasteiger partial charge in [0.25, 0.3) is 0 Å². The van der Waals surface area contributed by atoms with Crippen LogP contribution < -0.4 is 0 Å². The van der Waals surface area contributed by atoms with E-state index in [1.165, 1.54) is 0 Å². The second-order valence-electron chi connectivity index (χ2n) is 7.65. The van der Waals surface area contributed by atoms with Gasteiger partial charge in [-0.15, -0.1) is 0 Å². The molecule has 0 spiro atoms. The predicted octanol–water partition coefficient (Wildman–Crippen LogP) is 1.30. The number of aliphatic hydroxyl groups is 4. The second-order valence-corrected chi connectivity index (χ2v) is 7.65. The van der Waals surface area contributed by atoms with Gasteiger partial charge in [-0.1, -0.05) is 41.5 Å². The summed E-state index contributed by atoms with van der Waals surface area (Å²) in [6.45, 7) is 11.7. The number of hydrogen-bond acceptors (Lipinski definition) is 4. The summed E-state index contributed by atoms with van der Waals surface area (Å²) < 4.78 is 0. The first-order chi connectivity index (χ1) is 7.83. The summed E-state index contributed by atoms with van der Waals surface area (Å²) in [5.74, 6) is 0. The van der Waals surface area contributed by atoms with E-state index in [2.05, 4.69) is 0 Å². The lowest BCUT2D eigenvalue weighted by atomic mass is 9.83. The van der Waals surface area contributed by atoms with Gasteiger partial charge in [0.15, 0.2) is 0 Å². The summed E-state index contributed by atoms with van der Waals surface area (Å²) in [4.78, 5) is 0. The third-order valence-electron chi connectivity index (χ3n) is 2.78. The van der Waals surface area contributed by atoms with Crippen molar-refractivity contribution in [3.05, 3.63) is 0 Å². The molecule has 0 radical (unpaired) electrons. The minimum atomic E-state index is -1.32. The average Bonchev–Trinajstić information content (AvgIpc) is 2.09. The van der Waals surface area contributed by atoms with Crippen molar-refractivity contribution in [2.75, 3.05) is 0 Å². The van der Waals surface area contributed by atoms with Crippen LogP contribution in [0.3, 0.4) is 0 Å². The Morgan fingerprint density at radius 1 is 0.611 bits per heavy atom. The Bertz CT molecular complexity index is 213. The molecule has 4 nitrogen and oxygen atoms in total. The summed E-state index contributed by atoms with van der Waals surface area (Å²) >= 11 is 0. The first kappa shape index (κ1) is 17.8. The minimum Gasteiger partial charge on any atom is -0.390 e. The van der Waals surface area contributed by atoms with Crippen molar-refractivity contribution in [2.45, 2.75) is 78.8 Å². The zero-order valence-corrected chi connectivity index (χ0v) is 12.5. The molecule has 0 unspecified atom stereocenters. The maximum atomic E-state index is 9.86. The van der Waals surface area contributed by atoms with Crippen LogP contribution in [0.15, 0.2) is 0 Å². The van der Waals surface area contributed by atoms with Crippen LogP contribution in [-0.4, -0.2) is 44.8 Å². The molecule has 110 valence electrons. The summed E-state index contributed by atoms with van der Waals surface area (Å²) in [6, 6.07) is 0. The van der Waals surface area contributed by atoms with E-state index < -0.39 is 24.4 Å². The third-order valence-corrected chi connectivity index (χ3v) is 2.78. The van der Waals surface area contributed by atoms with E-state index in [0.717, 1.165) is 0 Å². The maximum absolute atomic E-state index is 9.86. The highest BCUT2D eigenvalue weighted by Crippen LogP contribution is 2.26. The number of aliphatic hydroxyl groups excluding tert-OH is 4. The van der Waals surface area contributed by atoms with Gasteiger partial charge >= 0.3 is 0 Å². The summed E-state index contributed by atoms with van der Waals surface area (Å²) in [6.07, 6.45) is -3.96. The van der Waals surface area contributed by atoms with Gasteiger partial charge in [0.05, 0.1) is 12.2 Å². The lowest BCUT2D eigenvalue weighted by molar-refractivity contribution is -0.118. The van der Waals surface area contributed by atoms with E-state index in [4.69, 9.17) is 0 Å². The summed E-state index contributed by atoms with van der Waals surface area (Å²) in [7, 11) is 0. The van der Waals surface area contributed by atoms with Crippen molar-refractivity contribution >= 4 is 0 Å². The van der Waals surface area contributed by atoms with Crippen molar-refractivity contribution in [1.29, 1.82) is 0 Å². The van der Waals surface area contributed by atoms with Crippen LogP contribution in [-0.2, 0) is 0 Å². The summed E-state index contributed by atoms with van der Waals surface area (Å²) in [5.41, 5.74) is -0.288. The fourth-order valence-corrected chi connectivity index (χ4v) is 1.95. The molecule has 4 heteroatoms. The Morgan fingerprint density at radius 3 is 1.00 bits per heavy atom. The van der Waals surface area contributed by atoms with Gasteiger partial charge < -0.3 is 20.4 Å². The van der Waals surface area contributed by atoms with Gasteiger partial charge in [0.1, 0.15) is 12.2 Å². The van der Waals surface area contributed by atoms with Gasteiger partial charge in [-0.3, -0.25) is 0 Å². The second kappa shape index (κ2) is 6.33. The van der Waals surface area contributed by atoms with Gasteiger partial charge in [0.2, 0.25) is 0 Å². The van der Waals surface area contributed by atoms with E-state index in [0.29, 0.717) is 12.8 Å². The van der Waals surface area contributed by atoms with Crippen molar-refractivity contribution < 1.29 is 20.4 Å². The highest BCUT2D eigenvalue weighted by atomic mass is 16.4. The molecule has 0 saturated carbocycles. The first-order valence-corrected chi connectivity index (χ1v) is 6.56. The molecule has 0 aromatic heterocycles. The Hall–Kier alpha value is -0.160. The van der Waals surface area contributed by atoms with Gasteiger partial charge in [-0.05, 0) is 23.7 Å². The number of rotatable bonds is 5. The van der Waals surface area contributed by atoms with Crippen LogP contribution in [0, 0.1) is 10.8 Å². The van der Waals surface area contributed by atoms with E-state index in [1.54, 1.807) is 0 Å². The zero-order valence-electron chi connectivity index (χ0n) is 12.5. The van der Waals surface area contributed by atoms with Crippen LogP contribution in [0.2, 0.25) is 0 Å². The Kier molecular flexibility index (Phi) is 6.27.